The Morgan fingerprint density at radius 1 is 1.25 bits per heavy atom. The number of hydrogen-bond donors (Lipinski definition) is 0. The van der Waals surface area contributed by atoms with E-state index in [4.69, 9.17) is 4.74 Å². The van der Waals surface area contributed by atoms with Crippen LogP contribution in [0.25, 0.3) is 0 Å². The number of halogens is 4. The molecule has 0 saturated carbocycles. The molecule has 1 unspecified atom stereocenters. The van der Waals surface area contributed by atoms with E-state index in [1.54, 1.807) is 0 Å². The molecule has 4 nitrogen and oxygen atoms in total. The van der Waals surface area contributed by atoms with Gasteiger partial charge in [-0.3, -0.25) is 4.79 Å². The Hall–Kier alpha value is -0.890. The Morgan fingerprint density at radius 3 is 2.12 bits per heavy atom. The lowest BCUT2D eigenvalue weighted by molar-refractivity contribution is -0.312. The zero-order valence-corrected chi connectivity index (χ0v) is 8.51. The molecule has 8 heteroatoms. The van der Waals surface area contributed by atoms with Gasteiger partial charge in [-0.1, -0.05) is 0 Å². The minimum Gasteiger partial charge on any atom is -0.378 e. The minimum atomic E-state index is -5.39. The predicted octanol–water partition coefficient (Wildman–Crippen LogP) is 0.720. The smallest absolute Gasteiger partial charge is 0.378 e. The van der Waals surface area contributed by atoms with Crippen molar-refractivity contribution in [3.8, 4) is 0 Å². The number of hydrogen-bond acceptors (Lipinski definition) is 3. The molecule has 1 fully saturated rings. The molecule has 1 amide bonds. The van der Waals surface area contributed by atoms with E-state index in [9.17, 15) is 22.4 Å². The molecule has 94 valence electrons. The topological polar surface area (TPSA) is 38.8 Å². The lowest BCUT2D eigenvalue weighted by Gasteiger charge is -2.33. The van der Waals surface area contributed by atoms with Crippen LogP contribution in [0.5, 0.6) is 0 Å². The van der Waals surface area contributed by atoms with Gasteiger partial charge in [0.25, 0.3) is 5.91 Å². The molecular formula is C8H11F4NO3. The third kappa shape index (κ3) is 2.27. The van der Waals surface area contributed by atoms with E-state index in [2.05, 4.69) is 4.74 Å². The van der Waals surface area contributed by atoms with Gasteiger partial charge in [0.15, 0.2) is 0 Å². The molecule has 0 aromatic heterocycles. The van der Waals surface area contributed by atoms with Crippen LogP contribution in [0.4, 0.5) is 17.6 Å². The van der Waals surface area contributed by atoms with Gasteiger partial charge in [0.1, 0.15) is 0 Å². The number of carbonyl (C=O) groups excluding carboxylic acids is 1. The van der Waals surface area contributed by atoms with E-state index in [1.807, 2.05) is 0 Å². The van der Waals surface area contributed by atoms with Crippen LogP contribution in [-0.4, -0.2) is 56.3 Å². The van der Waals surface area contributed by atoms with Crippen LogP contribution in [0, 0.1) is 0 Å². The average molecular weight is 245 g/mol. The quantitative estimate of drug-likeness (QED) is 0.673. The van der Waals surface area contributed by atoms with Crippen molar-refractivity contribution in [2.24, 2.45) is 0 Å². The summed E-state index contributed by atoms with van der Waals surface area (Å²) in [6, 6.07) is 0. The van der Waals surface area contributed by atoms with Crippen molar-refractivity contribution in [2.45, 2.75) is 12.0 Å². The molecule has 0 N–H and O–H groups in total. The summed E-state index contributed by atoms with van der Waals surface area (Å²) < 4.78 is 59.0. The highest BCUT2D eigenvalue weighted by Crippen LogP contribution is 2.36. The number of carbonyl (C=O) groups is 1. The molecule has 0 radical (unpaired) electrons. The largest absolute Gasteiger partial charge is 0.458 e. The average Bonchev–Trinajstić information content (AvgIpc) is 2.26. The van der Waals surface area contributed by atoms with Gasteiger partial charge in [0.05, 0.1) is 13.2 Å². The van der Waals surface area contributed by atoms with Gasteiger partial charge in [0, 0.05) is 20.2 Å². The zero-order valence-electron chi connectivity index (χ0n) is 8.51. The predicted molar refractivity (Wildman–Crippen MR) is 44.3 cm³/mol. The normalized spacial score (nSPS) is 21.7. The van der Waals surface area contributed by atoms with Gasteiger partial charge in [-0.15, -0.1) is 0 Å². The van der Waals surface area contributed by atoms with E-state index < -0.39 is 17.9 Å². The van der Waals surface area contributed by atoms with E-state index in [-0.39, 0.29) is 26.3 Å². The molecule has 1 saturated heterocycles. The Labute approximate surface area is 89.1 Å². The van der Waals surface area contributed by atoms with Crippen LogP contribution in [0.15, 0.2) is 0 Å². The summed E-state index contributed by atoms with van der Waals surface area (Å²) >= 11 is 0. The molecule has 1 aliphatic rings. The standard InChI is InChI=1S/C8H11F4NO3/c1-15-7(9,8(10,11)12)6(14)13-2-4-16-5-3-13/h2-5H2,1H3. The lowest BCUT2D eigenvalue weighted by Crippen LogP contribution is -2.58. The summed E-state index contributed by atoms with van der Waals surface area (Å²) in [5.74, 6) is -6.00. The molecule has 0 bridgehead atoms. The first-order valence-corrected chi connectivity index (χ1v) is 4.51. The number of alkyl halides is 4. The van der Waals surface area contributed by atoms with Gasteiger partial charge in [0.2, 0.25) is 0 Å². The SMILES string of the molecule is COC(F)(C(=O)N1CCOCC1)C(F)(F)F. The fourth-order valence-corrected chi connectivity index (χ4v) is 1.29. The first-order valence-electron chi connectivity index (χ1n) is 4.51. The molecular weight excluding hydrogens is 234 g/mol. The van der Waals surface area contributed by atoms with Crippen LogP contribution in [0.1, 0.15) is 0 Å². The van der Waals surface area contributed by atoms with Crippen LogP contribution in [0.3, 0.4) is 0 Å². The fourth-order valence-electron chi connectivity index (χ4n) is 1.29. The fraction of sp³-hybridized carbons (Fsp3) is 0.875. The van der Waals surface area contributed by atoms with Crippen molar-refractivity contribution in [3.63, 3.8) is 0 Å². The van der Waals surface area contributed by atoms with Crippen molar-refractivity contribution in [2.75, 3.05) is 33.4 Å². The van der Waals surface area contributed by atoms with Crippen molar-refractivity contribution in [3.05, 3.63) is 0 Å². The monoisotopic (exact) mass is 245 g/mol. The number of ether oxygens (including phenoxy) is 2. The van der Waals surface area contributed by atoms with Gasteiger partial charge < -0.3 is 14.4 Å². The highest BCUT2D eigenvalue weighted by atomic mass is 19.4. The Kier molecular flexibility index (Phi) is 3.74. The summed E-state index contributed by atoms with van der Waals surface area (Å²) in [6.45, 7) is 0.0146. The van der Waals surface area contributed by atoms with E-state index >= 15 is 0 Å². The number of morpholine rings is 1. The number of nitrogens with zero attached hydrogens (tertiary/aromatic N) is 1. The minimum absolute atomic E-state index is 0.0794. The van der Waals surface area contributed by atoms with E-state index in [0.29, 0.717) is 7.11 Å². The maximum atomic E-state index is 13.4. The molecule has 1 heterocycles. The molecule has 0 spiro atoms. The summed E-state index contributed by atoms with van der Waals surface area (Å²) in [6.07, 6.45) is -5.39. The third-order valence-electron chi connectivity index (χ3n) is 2.22. The first kappa shape index (κ1) is 13.2. The molecule has 1 aliphatic heterocycles. The van der Waals surface area contributed by atoms with E-state index in [1.165, 1.54) is 0 Å². The van der Waals surface area contributed by atoms with Crippen molar-refractivity contribution in [1.29, 1.82) is 0 Å². The van der Waals surface area contributed by atoms with Crippen molar-refractivity contribution in [1.82, 2.24) is 4.90 Å². The van der Waals surface area contributed by atoms with Crippen LogP contribution < -0.4 is 0 Å². The lowest BCUT2D eigenvalue weighted by atomic mass is 10.2. The van der Waals surface area contributed by atoms with Gasteiger partial charge in [-0.25, -0.2) is 0 Å². The third-order valence-corrected chi connectivity index (χ3v) is 2.22. The first-order chi connectivity index (χ1) is 7.33. The van der Waals surface area contributed by atoms with Crippen LogP contribution in [0.2, 0.25) is 0 Å². The second-order valence-electron chi connectivity index (χ2n) is 3.20. The second-order valence-corrected chi connectivity index (χ2v) is 3.20. The van der Waals surface area contributed by atoms with Gasteiger partial charge in [-0.2, -0.15) is 17.6 Å². The number of rotatable bonds is 2. The Bertz CT molecular complexity index is 264. The maximum Gasteiger partial charge on any atom is 0.458 e. The summed E-state index contributed by atoms with van der Waals surface area (Å²) in [4.78, 5) is 12.1. The van der Waals surface area contributed by atoms with Crippen molar-refractivity contribution < 1.29 is 31.8 Å². The zero-order chi connectivity index (χ0) is 12.4. The molecule has 0 aromatic carbocycles. The van der Waals surface area contributed by atoms with Crippen molar-refractivity contribution >= 4 is 5.91 Å². The van der Waals surface area contributed by atoms with Crippen LogP contribution in [-0.2, 0) is 14.3 Å². The summed E-state index contributed by atoms with van der Waals surface area (Å²) in [5, 5.41) is 0. The van der Waals surface area contributed by atoms with Crippen LogP contribution >= 0.6 is 0 Å². The number of methoxy groups -OCH3 is 1. The van der Waals surface area contributed by atoms with Gasteiger partial charge in [-0.05, 0) is 0 Å². The molecule has 1 atom stereocenters. The Balaban J connectivity index is 2.83. The summed E-state index contributed by atoms with van der Waals surface area (Å²) in [5.41, 5.74) is 0. The Morgan fingerprint density at radius 2 is 1.75 bits per heavy atom. The second kappa shape index (κ2) is 4.54. The molecule has 16 heavy (non-hydrogen) atoms. The molecule has 0 aromatic rings. The van der Waals surface area contributed by atoms with E-state index in [0.717, 1.165) is 4.90 Å². The highest BCUT2D eigenvalue weighted by molar-refractivity contribution is 5.84. The number of amides is 1. The highest BCUT2D eigenvalue weighted by Gasteiger charge is 2.64. The molecule has 1 rings (SSSR count). The maximum absolute atomic E-state index is 13.4. The molecule has 0 aliphatic carbocycles. The summed E-state index contributed by atoms with van der Waals surface area (Å²) in [7, 11) is 0.506. The van der Waals surface area contributed by atoms with Gasteiger partial charge >= 0.3 is 12.0 Å².